The molecule has 1 atom stereocenters. The van der Waals surface area contributed by atoms with Crippen LogP contribution in [0.15, 0.2) is 57.5 Å². The zero-order valence-corrected chi connectivity index (χ0v) is 24.9. The Bertz CT molecular complexity index is 1690. The molecule has 3 aromatic rings. The molecule has 0 amide bonds. The third-order valence-corrected chi connectivity index (χ3v) is 7.59. The SMILES string of the molecule is CCOc1cc([C@H]2C(C(=O)OCC(C)C)=C(C)N=c3s/c(=C\c4ccc(Cl)c(Cl)c4)c(=O)n32)ccc1OC(C)=O. The van der Waals surface area contributed by atoms with Crippen LogP contribution < -0.4 is 24.4 Å². The van der Waals surface area contributed by atoms with Gasteiger partial charge in [0.15, 0.2) is 16.3 Å². The van der Waals surface area contributed by atoms with Gasteiger partial charge in [-0.25, -0.2) is 9.79 Å². The second kappa shape index (κ2) is 12.4. The van der Waals surface area contributed by atoms with Crippen LogP contribution in [0, 0.1) is 5.92 Å². The van der Waals surface area contributed by atoms with E-state index < -0.39 is 18.0 Å². The van der Waals surface area contributed by atoms with E-state index in [1.54, 1.807) is 56.3 Å². The molecule has 2 heterocycles. The fourth-order valence-corrected chi connectivity index (χ4v) is 5.53. The average Bonchev–Trinajstić information content (AvgIpc) is 3.19. The first-order valence-electron chi connectivity index (χ1n) is 12.6. The highest BCUT2D eigenvalue weighted by atomic mass is 35.5. The first-order chi connectivity index (χ1) is 19.0. The van der Waals surface area contributed by atoms with Crippen LogP contribution in [0.4, 0.5) is 0 Å². The van der Waals surface area contributed by atoms with Crippen molar-refractivity contribution in [2.24, 2.45) is 10.9 Å². The summed E-state index contributed by atoms with van der Waals surface area (Å²) in [5.41, 5.74) is 1.57. The van der Waals surface area contributed by atoms with Gasteiger partial charge < -0.3 is 14.2 Å². The molecule has 0 spiro atoms. The van der Waals surface area contributed by atoms with E-state index in [1.165, 1.54) is 22.8 Å². The first kappa shape index (κ1) is 29.6. The molecule has 4 rings (SSSR count). The summed E-state index contributed by atoms with van der Waals surface area (Å²) in [7, 11) is 0. The van der Waals surface area contributed by atoms with Crippen LogP contribution in [0.25, 0.3) is 6.08 Å². The largest absolute Gasteiger partial charge is 0.490 e. The number of ether oxygens (including phenoxy) is 3. The summed E-state index contributed by atoms with van der Waals surface area (Å²) in [5.74, 6) is -0.422. The summed E-state index contributed by atoms with van der Waals surface area (Å²) in [5, 5.41) is 0.770. The van der Waals surface area contributed by atoms with Crippen molar-refractivity contribution in [3.63, 3.8) is 0 Å². The van der Waals surface area contributed by atoms with Gasteiger partial charge in [-0.3, -0.25) is 14.2 Å². The fourth-order valence-electron chi connectivity index (χ4n) is 4.17. The van der Waals surface area contributed by atoms with E-state index in [-0.39, 0.29) is 29.4 Å². The summed E-state index contributed by atoms with van der Waals surface area (Å²) in [6.45, 7) is 9.20. The van der Waals surface area contributed by atoms with E-state index in [0.717, 1.165) is 0 Å². The molecule has 11 heteroatoms. The predicted molar refractivity (Wildman–Crippen MR) is 155 cm³/mol. The van der Waals surface area contributed by atoms with Gasteiger partial charge in [-0.15, -0.1) is 0 Å². The maximum Gasteiger partial charge on any atom is 0.338 e. The molecule has 0 N–H and O–H groups in total. The number of aromatic nitrogens is 1. The number of rotatable bonds is 8. The highest BCUT2D eigenvalue weighted by Crippen LogP contribution is 2.36. The smallest absolute Gasteiger partial charge is 0.338 e. The van der Waals surface area contributed by atoms with Crippen LogP contribution in [-0.2, 0) is 14.3 Å². The van der Waals surface area contributed by atoms with Gasteiger partial charge in [-0.05, 0) is 61.2 Å². The van der Waals surface area contributed by atoms with Crippen molar-refractivity contribution in [3.05, 3.63) is 88.5 Å². The van der Waals surface area contributed by atoms with E-state index in [1.807, 2.05) is 13.8 Å². The van der Waals surface area contributed by atoms with Crippen molar-refractivity contribution in [3.8, 4) is 11.5 Å². The molecule has 2 aromatic carbocycles. The lowest BCUT2D eigenvalue weighted by atomic mass is 9.95. The highest BCUT2D eigenvalue weighted by molar-refractivity contribution is 7.07. The molecule has 1 aromatic heterocycles. The standard InChI is InChI=1S/C29H28Cl2N2O6S/c1-6-37-23-13-19(8-10-22(23)39-17(5)34)26-25(28(36)38-14-15(2)3)16(4)32-29-33(26)27(35)24(40-29)12-18-7-9-20(30)21(31)11-18/h7-13,15,26H,6,14H2,1-5H3/b24-12-/t26-/m0/s1. The number of allylic oxidation sites excluding steroid dienone is 1. The molecule has 1 aliphatic rings. The van der Waals surface area contributed by atoms with Gasteiger partial charge in [0.1, 0.15) is 0 Å². The van der Waals surface area contributed by atoms with E-state index in [4.69, 9.17) is 37.4 Å². The van der Waals surface area contributed by atoms with Crippen molar-refractivity contribution in [2.75, 3.05) is 13.2 Å². The molecular weight excluding hydrogens is 575 g/mol. The molecule has 0 fully saturated rings. The molecule has 0 saturated carbocycles. The topological polar surface area (TPSA) is 96.2 Å². The number of carbonyl (C=O) groups excluding carboxylic acids is 2. The summed E-state index contributed by atoms with van der Waals surface area (Å²) in [6.07, 6.45) is 1.70. The average molecular weight is 604 g/mol. The van der Waals surface area contributed by atoms with Crippen molar-refractivity contribution >= 4 is 52.6 Å². The quantitative estimate of drug-likeness (QED) is 0.264. The minimum absolute atomic E-state index is 0.114. The molecule has 40 heavy (non-hydrogen) atoms. The van der Waals surface area contributed by atoms with E-state index >= 15 is 0 Å². The van der Waals surface area contributed by atoms with Gasteiger partial charge in [-0.1, -0.05) is 60.5 Å². The molecule has 210 valence electrons. The summed E-state index contributed by atoms with van der Waals surface area (Å²) >= 11 is 13.4. The van der Waals surface area contributed by atoms with Gasteiger partial charge in [0.2, 0.25) is 0 Å². The molecule has 0 aliphatic carbocycles. The van der Waals surface area contributed by atoms with Gasteiger partial charge in [-0.2, -0.15) is 0 Å². The van der Waals surface area contributed by atoms with Crippen molar-refractivity contribution < 1.29 is 23.8 Å². The zero-order valence-electron chi connectivity index (χ0n) is 22.6. The van der Waals surface area contributed by atoms with Crippen molar-refractivity contribution in [1.29, 1.82) is 0 Å². The molecule has 0 bridgehead atoms. The Balaban J connectivity index is 1.93. The van der Waals surface area contributed by atoms with Gasteiger partial charge in [0, 0.05) is 6.92 Å². The molecule has 1 aliphatic heterocycles. The van der Waals surface area contributed by atoms with Crippen LogP contribution in [0.3, 0.4) is 0 Å². The Kier molecular flexibility index (Phi) is 9.18. The number of benzene rings is 2. The van der Waals surface area contributed by atoms with Crippen LogP contribution in [-0.4, -0.2) is 29.7 Å². The Morgan fingerprint density at radius 2 is 1.88 bits per heavy atom. The second-order valence-corrected chi connectivity index (χ2v) is 11.3. The Labute approximate surface area is 245 Å². The first-order valence-corrected chi connectivity index (χ1v) is 14.2. The van der Waals surface area contributed by atoms with Crippen LogP contribution in [0.5, 0.6) is 11.5 Å². The Morgan fingerprint density at radius 3 is 2.52 bits per heavy atom. The monoisotopic (exact) mass is 602 g/mol. The van der Waals surface area contributed by atoms with Gasteiger partial charge in [0.25, 0.3) is 5.56 Å². The Morgan fingerprint density at radius 1 is 1.12 bits per heavy atom. The number of hydrogen-bond acceptors (Lipinski definition) is 8. The number of esters is 2. The molecule has 0 radical (unpaired) electrons. The lowest BCUT2D eigenvalue weighted by Crippen LogP contribution is -2.40. The summed E-state index contributed by atoms with van der Waals surface area (Å²) in [6, 6.07) is 9.15. The molecule has 0 saturated heterocycles. The number of nitrogens with zero attached hydrogens (tertiary/aromatic N) is 2. The van der Waals surface area contributed by atoms with Gasteiger partial charge in [0.05, 0.1) is 45.1 Å². The Hall–Kier alpha value is -3.40. The fraction of sp³-hybridized carbons (Fsp3) is 0.310. The van der Waals surface area contributed by atoms with Crippen molar-refractivity contribution in [1.82, 2.24) is 4.57 Å². The second-order valence-electron chi connectivity index (χ2n) is 9.48. The summed E-state index contributed by atoms with van der Waals surface area (Å²) in [4.78, 5) is 44.0. The third-order valence-electron chi connectivity index (χ3n) is 5.87. The minimum Gasteiger partial charge on any atom is -0.490 e. The lowest BCUT2D eigenvalue weighted by molar-refractivity contribution is -0.140. The number of hydrogen-bond donors (Lipinski definition) is 0. The van der Waals surface area contributed by atoms with Gasteiger partial charge >= 0.3 is 11.9 Å². The van der Waals surface area contributed by atoms with E-state index in [0.29, 0.717) is 48.6 Å². The maximum absolute atomic E-state index is 13.9. The zero-order chi connectivity index (χ0) is 29.1. The third kappa shape index (κ3) is 6.32. The number of thiazole rings is 1. The molecular formula is C29H28Cl2N2O6S. The molecule has 8 nitrogen and oxygen atoms in total. The maximum atomic E-state index is 13.9. The number of carbonyl (C=O) groups is 2. The van der Waals surface area contributed by atoms with Crippen LogP contribution in [0.1, 0.15) is 51.8 Å². The van der Waals surface area contributed by atoms with Crippen LogP contribution in [0.2, 0.25) is 10.0 Å². The lowest BCUT2D eigenvalue weighted by Gasteiger charge is -2.25. The highest BCUT2D eigenvalue weighted by Gasteiger charge is 2.34. The predicted octanol–water partition coefficient (Wildman–Crippen LogP) is 5.07. The minimum atomic E-state index is -0.863. The normalized spacial score (nSPS) is 15.1. The number of fused-ring (bicyclic) bond motifs is 1. The van der Waals surface area contributed by atoms with Crippen LogP contribution >= 0.6 is 34.5 Å². The van der Waals surface area contributed by atoms with Crippen molar-refractivity contribution in [2.45, 2.75) is 40.7 Å². The molecule has 0 unspecified atom stereocenters. The number of halogens is 2. The van der Waals surface area contributed by atoms with E-state index in [2.05, 4.69) is 4.99 Å². The summed E-state index contributed by atoms with van der Waals surface area (Å²) < 4.78 is 18.5. The van der Waals surface area contributed by atoms with E-state index in [9.17, 15) is 14.4 Å².